The quantitative estimate of drug-likeness (QED) is 0.622. The maximum Gasteiger partial charge on any atom is 0.307 e. The molecule has 0 aliphatic heterocycles. The van der Waals surface area contributed by atoms with Gasteiger partial charge in [0.25, 0.3) is 0 Å². The van der Waals surface area contributed by atoms with E-state index >= 15 is 0 Å². The molecule has 0 saturated heterocycles. The number of carbonyl (C=O) groups is 1. The standard InChI is InChI=1S/C11H11NO4/c1-8(12(15)16)6-9-2-4-10(5-3-9)7-11(13)14/h2-6H,7H2,1H3,(H,13,14). The summed E-state index contributed by atoms with van der Waals surface area (Å²) in [4.78, 5) is 20.3. The molecule has 0 spiro atoms. The fourth-order valence-electron chi connectivity index (χ4n) is 1.20. The fourth-order valence-corrected chi connectivity index (χ4v) is 1.20. The van der Waals surface area contributed by atoms with E-state index < -0.39 is 10.9 Å². The van der Waals surface area contributed by atoms with E-state index in [1.165, 1.54) is 13.0 Å². The van der Waals surface area contributed by atoms with Crippen molar-refractivity contribution in [2.45, 2.75) is 13.3 Å². The second kappa shape index (κ2) is 5.06. The third-order valence-electron chi connectivity index (χ3n) is 2.00. The molecular formula is C11H11NO4. The zero-order chi connectivity index (χ0) is 12.1. The highest BCUT2D eigenvalue weighted by molar-refractivity contribution is 5.70. The van der Waals surface area contributed by atoms with Gasteiger partial charge >= 0.3 is 5.97 Å². The molecule has 16 heavy (non-hydrogen) atoms. The molecule has 0 bridgehead atoms. The predicted octanol–water partition coefficient (Wildman–Crippen LogP) is 1.95. The van der Waals surface area contributed by atoms with Crippen molar-refractivity contribution in [1.82, 2.24) is 0 Å². The number of allylic oxidation sites excluding steroid dienone is 1. The number of hydrogen-bond donors (Lipinski definition) is 1. The summed E-state index contributed by atoms with van der Waals surface area (Å²) in [5, 5.41) is 18.9. The minimum absolute atomic E-state index is 0.0434. The topological polar surface area (TPSA) is 80.4 Å². The number of rotatable bonds is 4. The van der Waals surface area contributed by atoms with Crippen molar-refractivity contribution in [3.8, 4) is 0 Å². The van der Waals surface area contributed by atoms with Crippen LogP contribution >= 0.6 is 0 Å². The van der Waals surface area contributed by atoms with E-state index in [4.69, 9.17) is 5.11 Å². The zero-order valence-corrected chi connectivity index (χ0v) is 8.71. The van der Waals surface area contributed by atoms with Gasteiger partial charge in [-0.1, -0.05) is 24.3 Å². The molecule has 1 aromatic rings. The van der Waals surface area contributed by atoms with Gasteiger partial charge in [-0.05, 0) is 11.1 Å². The maximum atomic E-state index is 10.4. The highest BCUT2D eigenvalue weighted by atomic mass is 16.6. The Kier molecular flexibility index (Phi) is 3.77. The van der Waals surface area contributed by atoms with Gasteiger partial charge in [-0.3, -0.25) is 14.9 Å². The van der Waals surface area contributed by atoms with Gasteiger partial charge in [0.1, 0.15) is 0 Å². The molecule has 84 valence electrons. The number of benzene rings is 1. The lowest BCUT2D eigenvalue weighted by atomic mass is 10.1. The number of nitro groups is 1. The van der Waals surface area contributed by atoms with E-state index in [-0.39, 0.29) is 12.1 Å². The number of carboxylic acids is 1. The van der Waals surface area contributed by atoms with Crippen molar-refractivity contribution >= 4 is 12.0 Å². The fraction of sp³-hybridized carbons (Fsp3) is 0.182. The van der Waals surface area contributed by atoms with Crippen LogP contribution in [0.2, 0.25) is 0 Å². The van der Waals surface area contributed by atoms with E-state index in [0.717, 1.165) is 0 Å². The van der Waals surface area contributed by atoms with Crippen molar-refractivity contribution in [2.24, 2.45) is 0 Å². The second-order valence-corrected chi connectivity index (χ2v) is 3.35. The van der Waals surface area contributed by atoms with Crippen LogP contribution in [0.5, 0.6) is 0 Å². The molecule has 0 unspecified atom stereocenters. The van der Waals surface area contributed by atoms with E-state index in [1.54, 1.807) is 24.3 Å². The Morgan fingerprint density at radius 2 is 2.00 bits per heavy atom. The summed E-state index contributed by atoms with van der Waals surface area (Å²) in [6.45, 7) is 1.41. The number of aliphatic carboxylic acids is 1. The molecule has 0 aliphatic rings. The Balaban J connectivity index is 2.83. The maximum absolute atomic E-state index is 10.4. The minimum Gasteiger partial charge on any atom is -0.481 e. The van der Waals surface area contributed by atoms with E-state index in [9.17, 15) is 14.9 Å². The van der Waals surface area contributed by atoms with Gasteiger partial charge in [0.05, 0.1) is 11.3 Å². The summed E-state index contributed by atoms with van der Waals surface area (Å²) in [5.74, 6) is -0.898. The van der Waals surface area contributed by atoms with Crippen LogP contribution in [0, 0.1) is 10.1 Å². The Labute approximate surface area is 92.2 Å². The summed E-state index contributed by atoms with van der Waals surface area (Å²) in [6.07, 6.45) is 1.39. The molecule has 0 aromatic heterocycles. The number of hydrogen-bond acceptors (Lipinski definition) is 3. The first-order chi connectivity index (χ1) is 7.49. The van der Waals surface area contributed by atoms with Gasteiger partial charge in [0.15, 0.2) is 0 Å². The van der Waals surface area contributed by atoms with Gasteiger partial charge < -0.3 is 5.11 Å². The molecule has 0 fully saturated rings. The van der Waals surface area contributed by atoms with Crippen LogP contribution in [-0.4, -0.2) is 16.0 Å². The van der Waals surface area contributed by atoms with Crippen LogP contribution in [0.25, 0.3) is 6.08 Å². The first-order valence-corrected chi connectivity index (χ1v) is 4.62. The van der Waals surface area contributed by atoms with Crippen LogP contribution in [0.1, 0.15) is 18.1 Å². The lowest BCUT2D eigenvalue weighted by Gasteiger charge is -1.98. The van der Waals surface area contributed by atoms with E-state index in [1.807, 2.05) is 0 Å². The third-order valence-corrected chi connectivity index (χ3v) is 2.00. The smallest absolute Gasteiger partial charge is 0.307 e. The molecule has 1 aromatic carbocycles. The van der Waals surface area contributed by atoms with Gasteiger partial charge in [-0.25, -0.2) is 0 Å². The van der Waals surface area contributed by atoms with Crippen molar-refractivity contribution in [3.05, 3.63) is 51.2 Å². The van der Waals surface area contributed by atoms with Crippen molar-refractivity contribution < 1.29 is 14.8 Å². The normalized spacial score (nSPS) is 11.2. The van der Waals surface area contributed by atoms with Gasteiger partial charge in [0.2, 0.25) is 5.70 Å². The first kappa shape index (κ1) is 11.9. The summed E-state index contributed by atoms with van der Waals surface area (Å²) in [5.41, 5.74) is 1.40. The molecule has 5 nitrogen and oxygen atoms in total. The number of nitrogens with zero attached hydrogens (tertiary/aromatic N) is 1. The highest BCUT2D eigenvalue weighted by Crippen LogP contribution is 2.09. The lowest BCUT2D eigenvalue weighted by Crippen LogP contribution is -1.99. The van der Waals surface area contributed by atoms with Crippen LogP contribution in [0.3, 0.4) is 0 Å². The summed E-state index contributed by atoms with van der Waals surface area (Å²) < 4.78 is 0. The average Bonchev–Trinajstić information content (AvgIpc) is 2.20. The Morgan fingerprint density at radius 1 is 1.44 bits per heavy atom. The lowest BCUT2D eigenvalue weighted by molar-refractivity contribution is -0.422. The molecule has 0 amide bonds. The molecule has 0 heterocycles. The Morgan fingerprint density at radius 3 is 2.44 bits per heavy atom. The van der Waals surface area contributed by atoms with E-state index in [2.05, 4.69) is 0 Å². The predicted molar refractivity (Wildman–Crippen MR) is 58.4 cm³/mol. The first-order valence-electron chi connectivity index (χ1n) is 4.62. The van der Waals surface area contributed by atoms with Gasteiger partial charge in [-0.2, -0.15) is 0 Å². The van der Waals surface area contributed by atoms with Crippen LogP contribution < -0.4 is 0 Å². The molecule has 5 heteroatoms. The van der Waals surface area contributed by atoms with Crippen LogP contribution in [-0.2, 0) is 11.2 Å². The summed E-state index contributed by atoms with van der Waals surface area (Å²) in [6, 6.07) is 6.61. The SMILES string of the molecule is CC(=Cc1ccc(CC(=O)O)cc1)[N+](=O)[O-]. The van der Waals surface area contributed by atoms with Crippen molar-refractivity contribution in [2.75, 3.05) is 0 Å². The minimum atomic E-state index is -0.898. The molecule has 1 rings (SSSR count). The van der Waals surface area contributed by atoms with Gasteiger partial charge in [0, 0.05) is 13.0 Å². The molecule has 0 atom stereocenters. The second-order valence-electron chi connectivity index (χ2n) is 3.35. The average molecular weight is 221 g/mol. The van der Waals surface area contributed by atoms with Crippen LogP contribution in [0.15, 0.2) is 30.0 Å². The monoisotopic (exact) mass is 221 g/mol. The molecule has 0 radical (unpaired) electrons. The van der Waals surface area contributed by atoms with Crippen LogP contribution in [0.4, 0.5) is 0 Å². The number of carboxylic acid groups (broad SMARTS) is 1. The zero-order valence-electron chi connectivity index (χ0n) is 8.71. The molecule has 0 saturated carbocycles. The highest BCUT2D eigenvalue weighted by Gasteiger charge is 2.03. The Hall–Kier alpha value is -2.17. The Bertz CT molecular complexity index is 434. The van der Waals surface area contributed by atoms with Crippen molar-refractivity contribution in [3.63, 3.8) is 0 Å². The van der Waals surface area contributed by atoms with Gasteiger partial charge in [-0.15, -0.1) is 0 Å². The molecule has 1 N–H and O–H groups in total. The van der Waals surface area contributed by atoms with E-state index in [0.29, 0.717) is 11.1 Å². The van der Waals surface area contributed by atoms with Crippen molar-refractivity contribution in [1.29, 1.82) is 0 Å². The third kappa shape index (κ3) is 3.53. The summed E-state index contributed by atoms with van der Waals surface area (Å²) in [7, 11) is 0. The molecule has 0 aliphatic carbocycles. The largest absolute Gasteiger partial charge is 0.481 e. The summed E-state index contributed by atoms with van der Waals surface area (Å²) >= 11 is 0. The molecular weight excluding hydrogens is 210 g/mol.